The molecule has 94 valence electrons. The van der Waals surface area contributed by atoms with Crippen molar-refractivity contribution in [1.29, 1.82) is 0 Å². The van der Waals surface area contributed by atoms with E-state index >= 15 is 0 Å². The molecule has 0 spiro atoms. The van der Waals surface area contributed by atoms with Crippen molar-refractivity contribution < 1.29 is 17.2 Å². The van der Waals surface area contributed by atoms with Crippen LogP contribution in [0.3, 0.4) is 0 Å². The minimum absolute atomic E-state index is 0.110. The summed E-state index contributed by atoms with van der Waals surface area (Å²) in [5.74, 6) is -0.840. The van der Waals surface area contributed by atoms with E-state index in [9.17, 15) is 17.2 Å². The lowest BCUT2D eigenvalue weighted by atomic mass is 10.1. The Morgan fingerprint density at radius 3 is 2.41 bits per heavy atom. The van der Waals surface area contributed by atoms with E-state index in [-0.39, 0.29) is 18.0 Å². The SMILES string of the molecule is O=S(=O)(c1ccccc1Br)N1CC(C(F)F)C1. The van der Waals surface area contributed by atoms with Crippen molar-refractivity contribution in [2.24, 2.45) is 5.92 Å². The number of hydrogen-bond donors (Lipinski definition) is 0. The van der Waals surface area contributed by atoms with Crippen molar-refractivity contribution in [3.63, 3.8) is 0 Å². The highest BCUT2D eigenvalue weighted by Crippen LogP contribution is 2.31. The fourth-order valence-corrected chi connectivity index (χ4v) is 4.14. The molecule has 0 unspecified atom stereocenters. The second-order valence-corrected chi connectivity index (χ2v) is 6.61. The lowest BCUT2D eigenvalue weighted by Gasteiger charge is -2.37. The van der Waals surface area contributed by atoms with Gasteiger partial charge in [0.15, 0.2) is 0 Å². The number of halogens is 3. The van der Waals surface area contributed by atoms with Crippen LogP contribution in [0, 0.1) is 5.92 Å². The fourth-order valence-electron chi connectivity index (χ4n) is 1.62. The molecule has 1 aromatic rings. The molecule has 0 radical (unpaired) electrons. The molecule has 17 heavy (non-hydrogen) atoms. The van der Waals surface area contributed by atoms with Gasteiger partial charge in [-0.3, -0.25) is 0 Å². The molecule has 1 aromatic carbocycles. The van der Waals surface area contributed by atoms with Crippen LogP contribution in [0.2, 0.25) is 0 Å². The van der Waals surface area contributed by atoms with E-state index in [2.05, 4.69) is 15.9 Å². The maximum Gasteiger partial charge on any atom is 0.244 e. The van der Waals surface area contributed by atoms with E-state index in [1.165, 1.54) is 6.07 Å². The number of alkyl halides is 2. The summed E-state index contributed by atoms with van der Waals surface area (Å²) >= 11 is 3.14. The molecule has 3 nitrogen and oxygen atoms in total. The van der Waals surface area contributed by atoms with Crippen LogP contribution < -0.4 is 0 Å². The second kappa shape index (κ2) is 4.62. The van der Waals surface area contributed by atoms with Crippen LogP contribution in [0.5, 0.6) is 0 Å². The summed E-state index contributed by atoms with van der Waals surface area (Å²) in [6.45, 7) is -0.220. The number of benzene rings is 1. The summed E-state index contributed by atoms with van der Waals surface area (Å²) in [6, 6.07) is 6.36. The molecule has 0 aliphatic carbocycles. The normalized spacial score (nSPS) is 18.4. The van der Waals surface area contributed by atoms with Crippen molar-refractivity contribution in [1.82, 2.24) is 4.31 Å². The van der Waals surface area contributed by atoms with Crippen molar-refractivity contribution in [2.75, 3.05) is 13.1 Å². The third kappa shape index (κ3) is 2.36. The zero-order valence-electron chi connectivity index (χ0n) is 8.68. The topological polar surface area (TPSA) is 37.4 Å². The predicted molar refractivity (Wildman–Crippen MR) is 62.4 cm³/mol. The Hall–Kier alpha value is -0.530. The highest BCUT2D eigenvalue weighted by atomic mass is 79.9. The first kappa shape index (κ1) is 12.9. The van der Waals surface area contributed by atoms with Crippen molar-refractivity contribution in [3.05, 3.63) is 28.7 Å². The number of sulfonamides is 1. The molecule has 0 bridgehead atoms. The Balaban J connectivity index is 2.20. The second-order valence-electron chi connectivity index (χ2n) is 3.85. The smallest absolute Gasteiger partial charge is 0.210 e. The van der Waals surface area contributed by atoms with Gasteiger partial charge in [-0.1, -0.05) is 12.1 Å². The van der Waals surface area contributed by atoms with Crippen LogP contribution in [-0.4, -0.2) is 32.2 Å². The largest absolute Gasteiger partial charge is 0.244 e. The molecule has 1 aliphatic rings. The summed E-state index contributed by atoms with van der Waals surface area (Å²) in [4.78, 5) is 0.118. The quantitative estimate of drug-likeness (QED) is 0.855. The van der Waals surface area contributed by atoms with Crippen LogP contribution in [0.1, 0.15) is 0 Å². The van der Waals surface area contributed by atoms with Gasteiger partial charge in [-0.05, 0) is 28.1 Å². The zero-order chi connectivity index (χ0) is 12.6. The van der Waals surface area contributed by atoms with E-state index < -0.39 is 22.4 Å². The van der Waals surface area contributed by atoms with Crippen LogP contribution in [0.15, 0.2) is 33.6 Å². The molecule has 0 amide bonds. The number of hydrogen-bond acceptors (Lipinski definition) is 2. The first-order valence-corrected chi connectivity index (χ1v) is 7.19. The molecule has 0 aromatic heterocycles. The zero-order valence-corrected chi connectivity index (χ0v) is 11.1. The molecule has 1 fully saturated rings. The maximum absolute atomic E-state index is 12.3. The number of nitrogens with zero attached hydrogens (tertiary/aromatic N) is 1. The monoisotopic (exact) mass is 325 g/mol. The Morgan fingerprint density at radius 1 is 1.29 bits per heavy atom. The van der Waals surface area contributed by atoms with Gasteiger partial charge in [-0.2, -0.15) is 4.31 Å². The van der Waals surface area contributed by atoms with E-state index in [4.69, 9.17) is 0 Å². The highest BCUT2D eigenvalue weighted by Gasteiger charge is 2.41. The Labute approximate surface area is 107 Å². The molecular formula is C10H10BrF2NO2S. The first-order chi connectivity index (χ1) is 7.93. The van der Waals surface area contributed by atoms with Gasteiger partial charge in [0.25, 0.3) is 0 Å². The average Bonchev–Trinajstić information content (AvgIpc) is 2.14. The van der Waals surface area contributed by atoms with Crippen LogP contribution in [0.4, 0.5) is 8.78 Å². The van der Waals surface area contributed by atoms with Crippen LogP contribution >= 0.6 is 15.9 Å². The summed E-state index contributed by atoms with van der Waals surface area (Å²) in [7, 11) is -3.65. The summed E-state index contributed by atoms with van der Waals surface area (Å²) in [6.07, 6.45) is -2.46. The highest BCUT2D eigenvalue weighted by molar-refractivity contribution is 9.10. The molecular weight excluding hydrogens is 316 g/mol. The third-order valence-corrected chi connectivity index (χ3v) is 5.53. The van der Waals surface area contributed by atoms with Gasteiger partial charge in [0, 0.05) is 23.5 Å². The van der Waals surface area contributed by atoms with Gasteiger partial charge in [0.1, 0.15) is 0 Å². The molecule has 0 atom stereocenters. The van der Waals surface area contributed by atoms with E-state index in [1.54, 1.807) is 18.2 Å². The van der Waals surface area contributed by atoms with Crippen molar-refractivity contribution in [2.45, 2.75) is 11.3 Å². The summed E-state index contributed by atoms with van der Waals surface area (Å²) < 4.78 is 50.2. The van der Waals surface area contributed by atoms with Crippen LogP contribution in [-0.2, 0) is 10.0 Å². The van der Waals surface area contributed by atoms with Gasteiger partial charge in [-0.15, -0.1) is 0 Å². The van der Waals surface area contributed by atoms with Gasteiger partial charge < -0.3 is 0 Å². The molecule has 1 saturated heterocycles. The average molecular weight is 326 g/mol. The first-order valence-electron chi connectivity index (χ1n) is 4.96. The van der Waals surface area contributed by atoms with Crippen molar-refractivity contribution in [3.8, 4) is 0 Å². The molecule has 0 N–H and O–H groups in total. The maximum atomic E-state index is 12.3. The van der Waals surface area contributed by atoms with Crippen LogP contribution in [0.25, 0.3) is 0 Å². The van der Waals surface area contributed by atoms with E-state index in [1.807, 2.05) is 0 Å². The molecule has 0 saturated carbocycles. The Kier molecular flexibility index (Phi) is 3.51. The Morgan fingerprint density at radius 2 is 1.88 bits per heavy atom. The lowest BCUT2D eigenvalue weighted by Crippen LogP contribution is -2.52. The summed E-state index contributed by atoms with van der Waals surface area (Å²) in [5, 5.41) is 0. The fraction of sp³-hybridized carbons (Fsp3) is 0.400. The minimum Gasteiger partial charge on any atom is -0.210 e. The molecule has 2 rings (SSSR count). The van der Waals surface area contributed by atoms with Gasteiger partial charge >= 0.3 is 0 Å². The summed E-state index contributed by atoms with van der Waals surface area (Å²) in [5.41, 5.74) is 0. The van der Waals surface area contributed by atoms with Gasteiger partial charge in [0.2, 0.25) is 16.4 Å². The molecule has 1 aliphatic heterocycles. The third-order valence-electron chi connectivity index (χ3n) is 2.69. The molecule has 1 heterocycles. The number of rotatable bonds is 3. The van der Waals surface area contributed by atoms with Crippen molar-refractivity contribution >= 4 is 26.0 Å². The van der Waals surface area contributed by atoms with E-state index in [0.29, 0.717) is 4.47 Å². The van der Waals surface area contributed by atoms with E-state index in [0.717, 1.165) is 4.31 Å². The minimum atomic E-state index is -3.65. The predicted octanol–water partition coefficient (Wildman–Crippen LogP) is 2.33. The lowest BCUT2D eigenvalue weighted by molar-refractivity contribution is 0.0123. The standard InChI is InChI=1S/C10H10BrF2NO2S/c11-8-3-1-2-4-9(8)17(15,16)14-5-7(6-14)10(12)13/h1-4,7,10H,5-6H2. The van der Waals surface area contributed by atoms with Gasteiger partial charge in [-0.25, -0.2) is 17.2 Å². The molecule has 7 heteroatoms. The van der Waals surface area contributed by atoms with Gasteiger partial charge in [0.05, 0.1) is 4.90 Å². The Bertz CT molecular complexity index is 515.